The van der Waals surface area contributed by atoms with Gasteiger partial charge in [-0.3, -0.25) is 4.79 Å². The van der Waals surface area contributed by atoms with Crippen molar-refractivity contribution in [3.63, 3.8) is 0 Å². The molecule has 10 heteroatoms. The van der Waals surface area contributed by atoms with Crippen molar-refractivity contribution in [2.75, 3.05) is 11.6 Å². The first kappa shape index (κ1) is 21.3. The summed E-state index contributed by atoms with van der Waals surface area (Å²) in [6.07, 6.45) is 2.46. The van der Waals surface area contributed by atoms with Crippen LogP contribution >= 0.6 is 0 Å². The van der Waals surface area contributed by atoms with E-state index in [1.165, 1.54) is 24.4 Å². The monoisotopic (exact) mass is 429 g/mol. The zero-order valence-corrected chi connectivity index (χ0v) is 17.4. The summed E-state index contributed by atoms with van der Waals surface area (Å²) < 4.78 is 37.8. The summed E-state index contributed by atoms with van der Waals surface area (Å²) >= 11 is 0. The number of hydrogen-bond acceptors (Lipinski definition) is 7. The van der Waals surface area contributed by atoms with Gasteiger partial charge >= 0.3 is 0 Å². The van der Waals surface area contributed by atoms with Gasteiger partial charge in [0, 0.05) is 17.4 Å². The van der Waals surface area contributed by atoms with E-state index in [4.69, 9.17) is 5.73 Å². The van der Waals surface area contributed by atoms with Crippen molar-refractivity contribution in [1.82, 2.24) is 15.2 Å². The number of rotatable bonds is 6. The Balaban J connectivity index is 1.87. The van der Waals surface area contributed by atoms with E-state index in [9.17, 15) is 17.6 Å². The molecule has 3 aromatic rings. The highest BCUT2D eigenvalue weighted by Gasteiger charge is 2.23. The van der Waals surface area contributed by atoms with Gasteiger partial charge in [0.25, 0.3) is 0 Å². The minimum absolute atomic E-state index is 0.0537. The summed E-state index contributed by atoms with van der Waals surface area (Å²) in [5.74, 6) is -1.11. The number of sulfone groups is 1. The minimum atomic E-state index is -3.35. The van der Waals surface area contributed by atoms with Crippen molar-refractivity contribution < 1.29 is 17.6 Å². The molecule has 2 aromatic carbocycles. The Kier molecular flexibility index (Phi) is 5.53. The summed E-state index contributed by atoms with van der Waals surface area (Å²) in [5.41, 5.74) is 5.55. The molecule has 0 bridgehead atoms. The van der Waals surface area contributed by atoms with Crippen LogP contribution in [0.5, 0.6) is 0 Å². The fourth-order valence-corrected chi connectivity index (χ4v) is 3.46. The molecule has 3 N–H and O–H groups in total. The quantitative estimate of drug-likeness (QED) is 0.616. The van der Waals surface area contributed by atoms with Crippen LogP contribution in [0.4, 0.5) is 10.3 Å². The lowest BCUT2D eigenvalue weighted by Crippen LogP contribution is -2.29. The van der Waals surface area contributed by atoms with E-state index in [1.54, 1.807) is 18.2 Å². The third-order valence-electron chi connectivity index (χ3n) is 4.50. The Morgan fingerprint density at radius 3 is 2.47 bits per heavy atom. The van der Waals surface area contributed by atoms with Crippen LogP contribution in [0.25, 0.3) is 11.3 Å². The van der Waals surface area contributed by atoms with E-state index >= 15 is 0 Å². The van der Waals surface area contributed by atoms with Crippen molar-refractivity contribution in [2.24, 2.45) is 5.73 Å². The SMILES string of the molecule is CC(C)(Nc1ncc(-c2cc(C(N)=O)ccc2F)nn1)c1cccc(S(C)(=O)=O)c1. The van der Waals surface area contributed by atoms with Crippen LogP contribution in [0.3, 0.4) is 0 Å². The summed E-state index contributed by atoms with van der Waals surface area (Å²) in [5, 5.41) is 11.0. The smallest absolute Gasteiger partial charge is 0.248 e. The van der Waals surface area contributed by atoms with Crippen LogP contribution in [-0.2, 0) is 15.4 Å². The zero-order valence-electron chi connectivity index (χ0n) is 16.5. The predicted octanol–water partition coefficient (Wildman–Crippen LogP) is 2.53. The van der Waals surface area contributed by atoms with Gasteiger partial charge in [0.1, 0.15) is 11.5 Å². The highest BCUT2D eigenvalue weighted by atomic mass is 32.2. The summed E-state index contributed by atoms with van der Waals surface area (Å²) in [4.78, 5) is 15.7. The van der Waals surface area contributed by atoms with Crippen molar-refractivity contribution in [3.05, 3.63) is 65.6 Å². The standard InChI is InChI=1S/C20H20FN5O3S/c1-20(2,13-5-4-6-14(10-13)30(3,28)29)24-19-23-11-17(25-26-19)15-9-12(18(22)27)7-8-16(15)21/h4-11H,1-3H3,(H2,22,27)(H,23,24,26). The molecule has 0 spiro atoms. The van der Waals surface area contributed by atoms with Crippen molar-refractivity contribution in [1.29, 1.82) is 0 Å². The fourth-order valence-electron chi connectivity index (χ4n) is 2.80. The number of carbonyl (C=O) groups excluding carboxylic acids is 1. The van der Waals surface area contributed by atoms with Gasteiger partial charge in [-0.2, -0.15) is 0 Å². The Hall–Kier alpha value is -3.40. The Morgan fingerprint density at radius 1 is 1.13 bits per heavy atom. The Labute approximate surface area is 173 Å². The maximum absolute atomic E-state index is 14.1. The van der Waals surface area contributed by atoms with E-state index in [1.807, 2.05) is 13.8 Å². The van der Waals surface area contributed by atoms with Crippen LogP contribution < -0.4 is 11.1 Å². The second-order valence-electron chi connectivity index (χ2n) is 7.28. The number of benzene rings is 2. The molecule has 0 aliphatic carbocycles. The van der Waals surface area contributed by atoms with Crippen LogP contribution in [0, 0.1) is 5.82 Å². The summed E-state index contributed by atoms with van der Waals surface area (Å²) in [7, 11) is -3.35. The van der Waals surface area contributed by atoms with Crippen molar-refractivity contribution in [2.45, 2.75) is 24.3 Å². The lowest BCUT2D eigenvalue weighted by molar-refractivity contribution is 0.1000. The van der Waals surface area contributed by atoms with Gasteiger partial charge in [-0.1, -0.05) is 12.1 Å². The number of hydrogen-bond donors (Lipinski definition) is 2. The molecule has 0 aliphatic heterocycles. The molecule has 0 unspecified atom stereocenters. The number of nitrogens with zero attached hydrogens (tertiary/aromatic N) is 3. The summed E-state index contributed by atoms with van der Waals surface area (Å²) in [6.45, 7) is 3.67. The largest absolute Gasteiger partial charge is 0.366 e. The van der Waals surface area contributed by atoms with Crippen LogP contribution in [0.15, 0.2) is 53.6 Å². The number of nitrogens with two attached hydrogens (primary N) is 1. The maximum atomic E-state index is 14.1. The lowest BCUT2D eigenvalue weighted by Gasteiger charge is -2.27. The molecule has 0 fully saturated rings. The van der Waals surface area contributed by atoms with E-state index < -0.39 is 27.1 Å². The van der Waals surface area contributed by atoms with Gasteiger partial charge in [0.15, 0.2) is 9.84 Å². The second-order valence-corrected chi connectivity index (χ2v) is 9.29. The molecule has 0 radical (unpaired) electrons. The third-order valence-corrected chi connectivity index (χ3v) is 5.61. The molecule has 156 valence electrons. The van der Waals surface area contributed by atoms with Gasteiger partial charge in [-0.25, -0.2) is 17.8 Å². The first-order chi connectivity index (χ1) is 14.0. The van der Waals surface area contributed by atoms with Gasteiger partial charge in [0.05, 0.1) is 16.6 Å². The number of nitrogens with one attached hydrogen (secondary N) is 1. The molecule has 30 heavy (non-hydrogen) atoms. The molecule has 1 heterocycles. The van der Waals surface area contributed by atoms with E-state index in [0.717, 1.165) is 12.3 Å². The zero-order chi connectivity index (χ0) is 22.1. The highest BCUT2D eigenvalue weighted by Crippen LogP contribution is 2.27. The number of primary amides is 1. The number of carbonyl (C=O) groups is 1. The lowest BCUT2D eigenvalue weighted by atomic mass is 9.94. The molecule has 1 amide bonds. The number of amides is 1. The average Bonchev–Trinajstić information content (AvgIpc) is 2.68. The molecule has 0 atom stereocenters. The van der Waals surface area contributed by atoms with Gasteiger partial charge < -0.3 is 11.1 Å². The van der Waals surface area contributed by atoms with Crippen molar-refractivity contribution >= 4 is 21.7 Å². The summed E-state index contributed by atoms with van der Waals surface area (Å²) in [6, 6.07) is 10.2. The molecule has 3 rings (SSSR count). The Bertz CT molecular complexity index is 1210. The first-order valence-electron chi connectivity index (χ1n) is 8.85. The van der Waals surface area contributed by atoms with E-state index in [-0.39, 0.29) is 27.7 Å². The topological polar surface area (TPSA) is 128 Å². The highest BCUT2D eigenvalue weighted by molar-refractivity contribution is 7.90. The molecule has 0 aliphatic rings. The van der Waals surface area contributed by atoms with E-state index in [2.05, 4.69) is 20.5 Å². The Morgan fingerprint density at radius 2 is 1.87 bits per heavy atom. The first-order valence-corrected chi connectivity index (χ1v) is 10.7. The van der Waals surface area contributed by atoms with Crippen LogP contribution in [0.2, 0.25) is 0 Å². The van der Waals surface area contributed by atoms with Crippen LogP contribution in [0.1, 0.15) is 29.8 Å². The minimum Gasteiger partial charge on any atom is -0.366 e. The molecular weight excluding hydrogens is 409 g/mol. The molecule has 1 aromatic heterocycles. The van der Waals surface area contributed by atoms with Gasteiger partial charge in [0.2, 0.25) is 11.9 Å². The van der Waals surface area contributed by atoms with E-state index in [0.29, 0.717) is 5.56 Å². The van der Waals surface area contributed by atoms with Gasteiger partial charge in [-0.05, 0) is 49.7 Å². The normalized spacial score (nSPS) is 11.9. The number of aromatic nitrogens is 3. The number of anilines is 1. The average molecular weight is 429 g/mol. The van der Waals surface area contributed by atoms with Gasteiger partial charge in [-0.15, -0.1) is 10.2 Å². The number of halogens is 1. The van der Waals surface area contributed by atoms with Crippen molar-refractivity contribution in [3.8, 4) is 11.3 Å². The van der Waals surface area contributed by atoms with Crippen LogP contribution in [-0.4, -0.2) is 35.8 Å². The maximum Gasteiger partial charge on any atom is 0.248 e. The fraction of sp³-hybridized carbons (Fsp3) is 0.200. The molecular formula is C20H20FN5O3S. The third kappa shape index (κ3) is 4.60. The predicted molar refractivity (Wildman–Crippen MR) is 110 cm³/mol. The molecule has 0 saturated carbocycles. The second kappa shape index (κ2) is 7.79. The molecule has 8 nitrogen and oxygen atoms in total. The molecule has 0 saturated heterocycles.